The molecule has 0 radical (unpaired) electrons. The van der Waals surface area contributed by atoms with Gasteiger partial charge >= 0.3 is 0 Å². The molecule has 1 amide bonds. The van der Waals surface area contributed by atoms with Crippen molar-refractivity contribution in [2.75, 3.05) is 0 Å². The van der Waals surface area contributed by atoms with Crippen molar-refractivity contribution in [3.63, 3.8) is 0 Å². The SMILES string of the molecule is CCCCC1=NC2(CCCC2)C(=O)N1Cc1ccc(-c2cc(-n3ccc4ccccc43)ccc2/C(N)=N/NN)cc1. The molecule has 0 saturated heterocycles. The summed E-state index contributed by atoms with van der Waals surface area (Å²) >= 11 is 0. The van der Waals surface area contributed by atoms with E-state index in [0.717, 1.165) is 84.2 Å². The lowest BCUT2D eigenvalue weighted by Gasteiger charge is -2.23. The Kier molecular flexibility index (Phi) is 7.32. The third kappa shape index (κ3) is 5.00. The fraction of sp³-hybridized carbons (Fsp3) is 0.303. The number of hydrogen-bond donors (Lipinski definition) is 3. The quantitative estimate of drug-likeness (QED) is 0.109. The summed E-state index contributed by atoms with van der Waals surface area (Å²) in [6.45, 7) is 2.71. The van der Waals surface area contributed by atoms with Crippen LogP contribution in [0.5, 0.6) is 0 Å². The molecule has 2 aliphatic rings. The molecule has 8 heteroatoms. The Balaban J connectivity index is 1.32. The van der Waals surface area contributed by atoms with Gasteiger partial charge in [-0.1, -0.05) is 68.7 Å². The summed E-state index contributed by atoms with van der Waals surface area (Å²) in [5, 5.41) is 5.22. The summed E-state index contributed by atoms with van der Waals surface area (Å²) in [5.41, 5.74) is 14.0. The topological polar surface area (TPSA) is 114 Å². The van der Waals surface area contributed by atoms with E-state index in [9.17, 15) is 4.79 Å². The molecule has 4 aromatic rings. The van der Waals surface area contributed by atoms with E-state index >= 15 is 0 Å². The van der Waals surface area contributed by atoms with Crippen LogP contribution in [0.1, 0.15) is 63.0 Å². The Labute approximate surface area is 240 Å². The van der Waals surface area contributed by atoms with Gasteiger partial charge in [0.15, 0.2) is 5.84 Å². The van der Waals surface area contributed by atoms with E-state index in [0.29, 0.717) is 12.4 Å². The van der Waals surface area contributed by atoms with E-state index in [1.54, 1.807) is 0 Å². The van der Waals surface area contributed by atoms with Gasteiger partial charge in [0, 0.05) is 23.9 Å². The Bertz CT molecular complexity index is 1630. The van der Waals surface area contributed by atoms with E-state index in [2.05, 4.69) is 76.9 Å². The van der Waals surface area contributed by atoms with Gasteiger partial charge in [0.2, 0.25) is 0 Å². The number of aromatic nitrogens is 1. The zero-order valence-electron chi connectivity index (χ0n) is 23.5. The number of carbonyl (C=O) groups excluding carboxylic acids is 1. The maximum atomic E-state index is 13.6. The van der Waals surface area contributed by atoms with Crippen LogP contribution in [-0.4, -0.2) is 32.6 Å². The first kappa shape index (κ1) is 26.8. The number of aliphatic imine (C=N–C) groups is 1. The molecule has 1 aliphatic carbocycles. The number of hydrazine groups is 1. The minimum absolute atomic E-state index is 0.178. The number of hydrazone groups is 1. The Hall–Kier alpha value is -4.43. The minimum atomic E-state index is -0.519. The van der Waals surface area contributed by atoms with Crippen LogP contribution in [0.15, 0.2) is 89.1 Å². The summed E-state index contributed by atoms with van der Waals surface area (Å²) in [4.78, 5) is 20.6. The van der Waals surface area contributed by atoms with Gasteiger partial charge < -0.3 is 10.3 Å². The monoisotopic (exact) mass is 547 g/mol. The molecular weight excluding hydrogens is 510 g/mol. The number of benzene rings is 3. The molecule has 210 valence electrons. The number of amidine groups is 2. The highest BCUT2D eigenvalue weighted by atomic mass is 16.2. The van der Waals surface area contributed by atoms with E-state index in [1.165, 1.54) is 5.39 Å². The van der Waals surface area contributed by atoms with Crippen molar-refractivity contribution < 1.29 is 4.79 Å². The third-order valence-electron chi connectivity index (χ3n) is 8.43. The van der Waals surface area contributed by atoms with Crippen LogP contribution < -0.4 is 17.1 Å². The van der Waals surface area contributed by atoms with Crippen molar-refractivity contribution in [1.29, 1.82) is 0 Å². The van der Waals surface area contributed by atoms with Crippen LogP contribution >= 0.6 is 0 Å². The molecule has 41 heavy (non-hydrogen) atoms. The Morgan fingerprint density at radius 3 is 2.59 bits per heavy atom. The smallest absolute Gasteiger partial charge is 0.256 e. The number of fused-ring (bicyclic) bond motifs is 1. The second-order valence-corrected chi connectivity index (χ2v) is 11.1. The number of unbranched alkanes of at least 4 members (excludes halogenated alkanes) is 1. The zero-order valence-corrected chi connectivity index (χ0v) is 23.5. The van der Waals surface area contributed by atoms with Gasteiger partial charge in [0.05, 0.1) is 12.1 Å². The summed E-state index contributed by atoms with van der Waals surface area (Å²) in [6, 6.07) is 24.9. The molecule has 5 N–H and O–H groups in total. The lowest BCUT2D eigenvalue weighted by atomic mass is 9.96. The standard InChI is InChI=1S/C33H37N7O/c1-2-3-10-30-36-33(18-6-7-19-33)32(41)40(30)22-23-11-13-24(14-12-23)28-21-26(15-16-27(28)31(34)37-38-35)39-20-17-25-8-4-5-9-29(25)39/h4-5,8-9,11-17,20-21,38H,2-3,6-7,10,18-19,22,35H2,1H3,(H2,34,37). The highest BCUT2D eigenvalue weighted by Crippen LogP contribution is 2.40. The molecule has 0 unspecified atom stereocenters. The minimum Gasteiger partial charge on any atom is -0.382 e. The van der Waals surface area contributed by atoms with Gasteiger partial charge in [0.25, 0.3) is 5.91 Å². The number of nitrogens with one attached hydrogen (secondary N) is 1. The van der Waals surface area contributed by atoms with Gasteiger partial charge in [-0.25, -0.2) is 11.4 Å². The maximum absolute atomic E-state index is 13.6. The van der Waals surface area contributed by atoms with Gasteiger partial charge in [0.1, 0.15) is 11.4 Å². The van der Waals surface area contributed by atoms with Crippen molar-refractivity contribution in [3.8, 4) is 16.8 Å². The van der Waals surface area contributed by atoms with Crippen LogP contribution in [0.4, 0.5) is 0 Å². The van der Waals surface area contributed by atoms with Crippen LogP contribution in [0.3, 0.4) is 0 Å². The lowest BCUT2D eigenvalue weighted by molar-refractivity contribution is -0.131. The van der Waals surface area contributed by atoms with Crippen molar-refractivity contribution in [2.24, 2.45) is 21.7 Å². The third-order valence-corrected chi connectivity index (χ3v) is 8.43. The highest BCUT2D eigenvalue weighted by Gasteiger charge is 2.49. The van der Waals surface area contributed by atoms with Crippen molar-refractivity contribution >= 4 is 28.5 Å². The van der Waals surface area contributed by atoms with Crippen molar-refractivity contribution in [3.05, 3.63) is 90.1 Å². The molecule has 0 bridgehead atoms. The Morgan fingerprint density at radius 1 is 1.05 bits per heavy atom. The van der Waals surface area contributed by atoms with Gasteiger partial charge in [-0.15, -0.1) is 5.10 Å². The van der Waals surface area contributed by atoms with E-state index in [-0.39, 0.29) is 5.91 Å². The molecule has 1 aromatic heterocycles. The molecule has 0 atom stereocenters. The average Bonchev–Trinajstić information content (AvgIpc) is 3.71. The number of carbonyl (C=O) groups is 1. The van der Waals surface area contributed by atoms with Crippen LogP contribution in [-0.2, 0) is 11.3 Å². The molecule has 1 saturated carbocycles. The first-order chi connectivity index (χ1) is 20.0. The largest absolute Gasteiger partial charge is 0.382 e. The summed E-state index contributed by atoms with van der Waals surface area (Å²) < 4.78 is 2.17. The molecule has 6 rings (SSSR count). The normalized spacial score (nSPS) is 16.6. The van der Waals surface area contributed by atoms with Crippen LogP contribution in [0, 0.1) is 0 Å². The fourth-order valence-corrected chi connectivity index (χ4v) is 6.25. The first-order valence-corrected chi connectivity index (χ1v) is 14.5. The molecule has 3 aromatic carbocycles. The number of hydrogen-bond acceptors (Lipinski definition) is 5. The average molecular weight is 548 g/mol. The second kappa shape index (κ2) is 11.2. The fourth-order valence-electron chi connectivity index (χ4n) is 6.25. The number of nitrogens with two attached hydrogens (primary N) is 2. The Morgan fingerprint density at radius 2 is 1.83 bits per heavy atom. The summed E-state index contributed by atoms with van der Waals surface area (Å²) in [6.07, 6.45) is 8.92. The molecule has 8 nitrogen and oxygen atoms in total. The summed E-state index contributed by atoms with van der Waals surface area (Å²) in [7, 11) is 0. The van der Waals surface area contributed by atoms with E-state index in [4.69, 9.17) is 16.6 Å². The predicted octanol–water partition coefficient (Wildman–Crippen LogP) is 5.62. The highest BCUT2D eigenvalue weighted by molar-refractivity contribution is 6.08. The lowest BCUT2D eigenvalue weighted by Crippen LogP contribution is -2.40. The molecule has 1 aliphatic heterocycles. The number of rotatable bonds is 9. The predicted molar refractivity (Wildman–Crippen MR) is 165 cm³/mol. The molecule has 1 fully saturated rings. The summed E-state index contributed by atoms with van der Waals surface area (Å²) in [5.74, 6) is 6.89. The maximum Gasteiger partial charge on any atom is 0.256 e. The molecular formula is C33H37N7O. The van der Waals surface area contributed by atoms with Crippen molar-refractivity contribution in [2.45, 2.75) is 64.0 Å². The van der Waals surface area contributed by atoms with Gasteiger partial charge in [-0.2, -0.15) is 0 Å². The second-order valence-electron chi connectivity index (χ2n) is 11.1. The number of nitrogens with zero attached hydrogens (tertiary/aromatic N) is 4. The van der Waals surface area contributed by atoms with Crippen molar-refractivity contribution in [1.82, 2.24) is 15.0 Å². The number of amides is 1. The number of para-hydroxylation sites is 1. The van der Waals surface area contributed by atoms with E-state index in [1.807, 2.05) is 29.2 Å². The van der Waals surface area contributed by atoms with Crippen LogP contribution in [0.2, 0.25) is 0 Å². The zero-order chi connectivity index (χ0) is 28.4. The van der Waals surface area contributed by atoms with Gasteiger partial charge in [-0.05, 0) is 71.7 Å². The molecule has 1 spiro atoms. The first-order valence-electron chi connectivity index (χ1n) is 14.5. The van der Waals surface area contributed by atoms with E-state index < -0.39 is 5.54 Å². The molecule has 2 heterocycles. The van der Waals surface area contributed by atoms with Crippen LogP contribution in [0.25, 0.3) is 27.7 Å². The van der Waals surface area contributed by atoms with Gasteiger partial charge in [-0.3, -0.25) is 14.7 Å².